The minimum atomic E-state index is 0.267. The second-order valence-electron chi connectivity index (χ2n) is 4.90. The maximum atomic E-state index is 11.6. The molecule has 15 heavy (non-hydrogen) atoms. The third-order valence-electron chi connectivity index (χ3n) is 3.51. The van der Waals surface area contributed by atoms with Gasteiger partial charge in [-0.05, 0) is 38.9 Å². The van der Waals surface area contributed by atoms with E-state index in [2.05, 4.69) is 24.6 Å². The Morgan fingerprint density at radius 3 is 2.60 bits per heavy atom. The second-order valence-corrected chi connectivity index (χ2v) is 5.63. The van der Waals surface area contributed by atoms with Gasteiger partial charge in [-0.3, -0.25) is 4.79 Å². The summed E-state index contributed by atoms with van der Waals surface area (Å²) in [6, 6.07) is 0. The highest BCUT2D eigenvalue weighted by molar-refractivity contribution is 7.81. The van der Waals surface area contributed by atoms with Crippen molar-refractivity contribution in [1.29, 1.82) is 0 Å². The molecule has 0 aromatic carbocycles. The number of carbonyl (C=O) groups excluding carboxylic acids is 1. The van der Waals surface area contributed by atoms with Gasteiger partial charge in [-0.15, -0.1) is 0 Å². The van der Waals surface area contributed by atoms with Crippen LogP contribution < -0.4 is 0 Å². The lowest BCUT2D eigenvalue weighted by Crippen LogP contribution is -2.37. The van der Waals surface area contributed by atoms with Crippen molar-refractivity contribution < 1.29 is 4.79 Å². The molecule has 2 fully saturated rings. The summed E-state index contributed by atoms with van der Waals surface area (Å²) < 4.78 is 0. The fourth-order valence-corrected chi connectivity index (χ4v) is 2.84. The first-order valence-electron chi connectivity index (χ1n) is 5.79. The van der Waals surface area contributed by atoms with Crippen molar-refractivity contribution >= 4 is 18.5 Å². The summed E-state index contributed by atoms with van der Waals surface area (Å²) >= 11 is 4.37. The predicted octanol–water partition coefficient (Wildman–Crippen LogP) is 0.859. The van der Waals surface area contributed by atoms with Crippen LogP contribution in [0.15, 0.2) is 0 Å². The van der Waals surface area contributed by atoms with Crippen LogP contribution in [0.3, 0.4) is 0 Å². The van der Waals surface area contributed by atoms with Crippen LogP contribution in [0, 0.1) is 5.92 Å². The summed E-state index contributed by atoms with van der Waals surface area (Å²) in [5.74, 6) is 1.01. The third kappa shape index (κ3) is 2.88. The quantitative estimate of drug-likeness (QED) is 0.709. The standard InChI is InChI=1S/C11H20N2OS/c1-12-4-2-9(3-5-12)7-13-8-10(15)6-11(13)14/h9-10,15H,2-8H2,1H3. The van der Waals surface area contributed by atoms with Crippen LogP contribution in [0.25, 0.3) is 0 Å². The monoisotopic (exact) mass is 228 g/mol. The number of hydrogen-bond donors (Lipinski definition) is 1. The van der Waals surface area contributed by atoms with Crippen LogP contribution in [0.2, 0.25) is 0 Å². The zero-order valence-corrected chi connectivity index (χ0v) is 10.2. The van der Waals surface area contributed by atoms with Gasteiger partial charge >= 0.3 is 0 Å². The molecule has 2 aliphatic heterocycles. The molecule has 2 saturated heterocycles. The molecule has 3 nitrogen and oxygen atoms in total. The van der Waals surface area contributed by atoms with Crippen LogP contribution in [-0.4, -0.2) is 54.2 Å². The zero-order valence-electron chi connectivity index (χ0n) is 9.35. The molecule has 0 aromatic heterocycles. The van der Waals surface area contributed by atoms with E-state index in [1.165, 1.54) is 25.9 Å². The minimum Gasteiger partial charge on any atom is -0.341 e. The van der Waals surface area contributed by atoms with Crippen LogP contribution in [0.1, 0.15) is 19.3 Å². The van der Waals surface area contributed by atoms with Gasteiger partial charge in [0.05, 0.1) is 0 Å². The van der Waals surface area contributed by atoms with E-state index in [9.17, 15) is 4.79 Å². The van der Waals surface area contributed by atoms with E-state index in [1.807, 2.05) is 4.90 Å². The summed E-state index contributed by atoms with van der Waals surface area (Å²) in [6.45, 7) is 4.17. The maximum absolute atomic E-state index is 11.6. The highest BCUT2D eigenvalue weighted by atomic mass is 32.1. The number of likely N-dealkylation sites (tertiary alicyclic amines) is 2. The lowest BCUT2D eigenvalue weighted by atomic mass is 9.97. The van der Waals surface area contributed by atoms with Crippen LogP contribution in [0.4, 0.5) is 0 Å². The first kappa shape index (κ1) is 11.3. The van der Waals surface area contributed by atoms with Crippen molar-refractivity contribution in [2.24, 2.45) is 5.92 Å². The molecule has 0 radical (unpaired) electrons. The largest absolute Gasteiger partial charge is 0.341 e. The Morgan fingerprint density at radius 1 is 1.40 bits per heavy atom. The van der Waals surface area contributed by atoms with Crippen molar-refractivity contribution in [1.82, 2.24) is 9.80 Å². The lowest BCUT2D eigenvalue weighted by molar-refractivity contribution is -0.128. The van der Waals surface area contributed by atoms with Crippen molar-refractivity contribution in [2.45, 2.75) is 24.5 Å². The number of thiol groups is 1. The molecule has 0 aliphatic carbocycles. The Balaban J connectivity index is 1.79. The summed E-state index contributed by atoms with van der Waals surface area (Å²) in [4.78, 5) is 16.0. The fourth-order valence-electron chi connectivity index (χ4n) is 2.48. The molecule has 0 saturated carbocycles. The van der Waals surface area contributed by atoms with E-state index >= 15 is 0 Å². The van der Waals surface area contributed by atoms with Gasteiger partial charge < -0.3 is 9.80 Å². The van der Waals surface area contributed by atoms with E-state index in [0.717, 1.165) is 13.1 Å². The molecular formula is C11H20N2OS. The Kier molecular flexibility index (Phi) is 3.57. The molecular weight excluding hydrogens is 208 g/mol. The number of rotatable bonds is 2. The fraction of sp³-hybridized carbons (Fsp3) is 0.909. The molecule has 4 heteroatoms. The number of carbonyl (C=O) groups is 1. The molecule has 0 aromatic rings. The van der Waals surface area contributed by atoms with Crippen molar-refractivity contribution in [2.75, 3.05) is 33.2 Å². The summed E-state index contributed by atoms with van der Waals surface area (Å²) in [6.07, 6.45) is 3.10. The van der Waals surface area contributed by atoms with E-state index in [1.54, 1.807) is 0 Å². The molecule has 0 N–H and O–H groups in total. The van der Waals surface area contributed by atoms with Gasteiger partial charge in [0.25, 0.3) is 0 Å². The van der Waals surface area contributed by atoms with E-state index in [-0.39, 0.29) is 5.25 Å². The van der Waals surface area contributed by atoms with Crippen LogP contribution in [0.5, 0.6) is 0 Å². The van der Waals surface area contributed by atoms with Gasteiger partial charge in [0.15, 0.2) is 0 Å². The molecule has 0 spiro atoms. The normalized spacial score (nSPS) is 30.1. The predicted molar refractivity (Wildman–Crippen MR) is 64.2 cm³/mol. The Bertz CT molecular complexity index is 239. The molecule has 1 atom stereocenters. The lowest BCUT2D eigenvalue weighted by Gasteiger charge is -2.31. The zero-order chi connectivity index (χ0) is 10.8. The molecule has 2 heterocycles. The number of amides is 1. The van der Waals surface area contributed by atoms with E-state index in [0.29, 0.717) is 18.2 Å². The number of piperidine rings is 1. The topological polar surface area (TPSA) is 23.6 Å². The van der Waals surface area contributed by atoms with Gasteiger partial charge in [-0.25, -0.2) is 0 Å². The van der Waals surface area contributed by atoms with Gasteiger partial charge in [0.2, 0.25) is 5.91 Å². The third-order valence-corrected chi connectivity index (χ3v) is 3.86. The maximum Gasteiger partial charge on any atom is 0.223 e. The van der Waals surface area contributed by atoms with Gasteiger partial charge in [-0.2, -0.15) is 12.6 Å². The highest BCUT2D eigenvalue weighted by Crippen LogP contribution is 2.22. The van der Waals surface area contributed by atoms with Crippen molar-refractivity contribution in [3.05, 3.63) is 0 Å². The molecule has 0 bridgehead atoms. The second kappa shape index (κ2) is 4.74. The molecule has 86 valence electrons. The SMILES string of the molecule is CN1CCC(CN2CC(S)CC2=O)CC1. The van der Waals surface area contributed by atoms with E-state index < -0.39 is 0 Å². The smallest absolute Gasteiger partial charge is 0.223 e. The highest BCUT2D eigenvalue weighted by Gasteiger charge is 2.29. The van der Waals surface area contributed by atoms with Crippen LogP contribution in [-0.2, 0) is 4.79 Å². The Morgan fingerprint density at radius 2 is 2.07 bits per heavy atom. The molecule has 1 amide bonds. The Hall–Kier alpha value is -0.220. The first-order valence-corrected chi connectivity index (χ1v) is 6.31. The average Bonchev–Trinajstić information content (AvgIpc) is 2.49. The summed E-state index contributed by atoms with van der Waals surface area (Å²) in [5, 5.41) is 0.267. The van der Waals surface area contributed by atoms with Crippen molar-refractivity contribution in [3.8, 4) is 0 Å². The van der Waals surface area contributed by atoms with Gasteiger partial charge in [0.1, 0.15) is 0 Å². The van der Waals surface area contributed by atoms with Gasteiger partial charge in [0, 0.05) is 24.8 Å². The van der Waals surface area contributed by atoms with E-state index in [4.69, 9.17) is 0 Å². The summed E-state index contributed by atoms with van der Waals surface area (Å²) in [5.41, 5.74) is 0. The van der Waals surface area contributed by atoms with Crippen molar-refractivity contribution in [3.63, 3.8) is 0 Å². The number of hydrogen-bond acceptors (Lipinski definition) is 3. The summed E-state index contributed by atoms with van der Waals surface area (Å²) in [7, 11) is 2.17. The minimum absolute atomic E-state index is 0.267. The van der Waals surface area contributed by atoms with Gasteiger partial charge in [-0.1, -0.05) is 0 Å². The number of nitrogens with zero attached hydrogens (tertiary/aromatic N) is 2. The average molecular weight is 228 g/mol. The first-order chi connectivity index (χ1) is 7.15. The van der Waals surface area contributed by atoms with Crippen LogP contribution >= 0.6 is 12.6 Å². The Labute approximate surface area is 97.2 Å². The molecule has 2 rings (SSSR count). The molecule has 2 aliphatic rings. The molecule has 1 unspecified atom stereocenters.